The van der Waals surface area contributed by atoms with Gasteiger partial charge in [0.1, 0.15) is 0 Å². The number of fused-ring (bicyclic) bond motifs is 3. The molecule has 350 valence electrons. The van der Waals surface area contributed by atoms with E-state index in [9.17, 15) is 15.0 Å². The summed E-state index contributed by atoms with van der Waals surface area (Å²) in [5.74, 6) is -1.11. The number of rotatable bonds is 18. The van der Waals surface area contributed by atoms with Gasteiger partial charge in [-0.3, -0.25) is 0 Å². The third-order valence-corrected chi connectivity index (χ3v) is 152. The van der Waals surface area contributed by atoms with Crippen molar-refractivity contribution >= 4 is 249 Å². The molecule has 3 aliphatic carbocycles. The minimum Gasteiger partial charge on any atom is -0.426 e. The largest absolute Gasteiger partial charge is 0.509 e. The fourth-order valence-corrected chi connectivity index (χ4v) is 204. The predicted octanol–water partition coefficient (Wildman–Crippen LogP) is 19.3. The molecule has 0 aromatic carbocycles. The number of aliphatic hydroxyl groups is 2. The Kier molecular flexibility index (Phi) is 29.5. The average molecular weight is 1390 g/mol. The van der Waals surface area contributed by atoms with E-state index in [0.29, 0.717) is 27.2 Å². The Morgan fingerprint density at radius 1 is 0.750 bits per heavy atom. The van der Waals surface area contributed by atoms with Crippen molar-refractivity contribution in [3.05, 3.63) is 11.1 Å². The summed E-state index contributed by atoms with van der Waals surface area (Å²) in [6.45, 7) is 5.20. The molecule has 21 unspecified atom stereocenters. The fourth-order valence-electron chi connectivity index (χ4n) is 9.03. The van der Waals surface area contributed by atoms with Crippen LogP contribution in [-0.4, -0.2) is 58.6 Å². The van der Waals surface area contributed by atoms with Crippen molar-refractivity contribution in [1.29, 1.82) is 0 Å². The number of hydrogen-bond acceptors (Lipinski definition) is 8. The minimum absolute atomic E-state index is 0.317. The zero-order valence-electron chi connectivity index (χ0n) is 33.7. The Balaban J connectivity index is 2.15. The van der Waals surface area contributed by atoms with Gasteiger partial charge in [-0.1, -0.05) is 44.6 Å². The third-order valence-electron chi connectivity index (χ3n) is 11.7. The van der Waals surface area contributed by atoms with E-state index in [1.54, 1.807) is 0 Å². The molecule has 2 N–H and O–H groups in total. The number of aliphatic hydroxyl groups excluding tert-OH is 1. The Morgan fingerprint density at radius 3 is 1.73 bits per heavy atom. The molecule has 60 heavy (non-hydrogen) atoms. The molecule has 0 aromatic heterocycles. The zero-order chi connectivity index (χ0) is 45.8. The van der Waals surface area contributed by atoms with Gasteiger partial charge in [0.15, 0.2) is 11.7 Å². The summed E-state index contributed by atoms with van der Waals surface area (Å²) < 4.78 is 36.4. The van der Waals surface area contributed by atoms with Gasteiger partial charge in [0, 0.05) is 44.1 Å². The van der Waals surface area contributed by atoms with Crippen molar-refractivity contribution in [2.45, 2.75) is 89.5 Å². The third kappa shape index (κ3) is 14.1. The standard InChI is InChI=1S/C22H64O8P30/c1-10-6-14(30-48(51(32)33)52(34)35)20(5)7-13(29-49(53(36)37)59(47-31)55(40)41)15-11(2)12(28-50(58(46)54(38)39)60(56(42)43)57(44)45)8-22(19(15,3)4)17(26-18(24)27-22)16(20)21(10,25)9-23/h10,12-14,16-17,23,25,47H,6-9,31-46H2,1-5H3/t10-,12-,13+,14-,16-,17-,20+,21-,22+,49?,50?,58?,59?/m0/s1. The molecular formula is C22H64O8P30. The van der Waals surface area contributed by atoms with E-state index >= 15 is 0 Å². The van der Waals surface area contributed by atoms with Crippen molar-refractivity contribution in [1.82, 2.24) is 0 Å². The maximum absolute atomic E-state index is 14.1. The van der Waals surface area contributed by atoms with Gasteiger partial charge in [0.25, 0.3) is 0 Å². The number of carbonyl (C=O) groups is 1. The van der Waals surface area contributed by atoms with Gasteiger partial charge in [-0.05, 0) is 85.7 Å². The summed E-state index contributed by atoms with van der Waals surface area (Å²) in [6, 6.07) is 0. The Bertz CT molecular complexity index is 1500. The number of hydrogen-bond donors (Lipinski definition) is 2. The molecule has 38 heteroatoms. The van der Waals surface area contributed by atoms with Crippen LogP contribution >= 0.6 is 243 Å². The van der Waals surface area contributed by atoms with Gasteiger partial charge < -0.3 is 33.3 Å². The molecule has 4 rings (SSSR count). The molecule has 3 fully saturated rings. The van der Waals surface area contributed by atoms with E-state index < -0.39 is 145 Å². The van der Waals surface area contributed by atoms with Crippen LogP contribution in [0.15, 0.2) is 11.1 Å². The van der Waals surface area contributed by atoms with Crippen molar-refractivity contribution in [2.24, 2.45) is 22.7 Å². The molecule has 0 radical (unpaired) electrons. The molecule has 0 aromatic rings. The monoisotopic (exact) mass is 1390 g/mol. The molecule has 0 amide bonds. The first-order chi connectivity index (χ1) is 27.6. The topological polar surface area (TPSA) is 104 Å². The molecule has 2 bridgehead atoms. The van der Waals surface area contributed by atoms with Gasteiger partial charge in [-0.2, -0.15) is 0 Å². The first kappa shape index (κ1) is 64.2. The molecular weight excluding hydrogens is 1320 g/mol. The first-order valence-corrected chi connectivity index (χ1v) is 69.8. The summed E-state index contributed by atoms with van der Waals surface area (Å²) in [6.07, 6.45) is -1.31. The minimum atomic E-state index is -1.61. The normalized spacial score (nSPS) is 35.6. The van der Waals surface area contributed by atoms with Crippen LogP contribution in [0.4, 0.5) is 4.79 Å². The van der Waals surface area contributed by atoms with Crippen LogP contribution in [0.5, 0.6) is 0 Å². The summed E-state index contributed by atoms with van der Waals surface area (Å²) in [7, 11) is 47.3. The van der Waals surface area contributed by atoms with Crippen LogP contribution in [0.1, 0.15) is 53.9 Å². The molecule has 1 spiro atoms. The maximum Gasteiger partial charge on any atom is 0.509 e. The Morgan fingerprint density at radius 2 is 1.28 bits per heavy atom. The lowest BCUT2D eigenvalue weighted by molar-refractivity contribution is -0.253. The van der Waals surface area contributed by atoms with Crippen LogP contribution in [0.2, 0.25) is 0 Å². The fraction of sp³-hybridized carbons (Fsp3) is 0.864. The Labute approximate surface area is 413 Å². The highest BCUT2D eigenvalue weighted by Crippen LogP contribution is 3.18. The molecule has 1 saturated heterocycles. The van der Waals surface area contributed by atoms with E-state index in [1.807, 2.05) is 6.92 Å². The van der Waals surface area contributed by atoms with Crippen LogP contribution in [0.3, 0.4) is 0 Å². The highest BCUT2D eigenvalue weighted by atomic mass is 33.2. The molecule has 2 saturated carbocycles. The van der Waals surface area contributed by atoms with Gasteiger partial charge in [0.2, 0.25) is 0 Å². The van der Waals surface area contributed by atoms with Gasteiger partial charge in [-0.25, -0.2) is 4.79 Å². The van der Waals surface area contributed by atoms with E-state index in [0.717, 1.165) is 11.1 Å². The first-order valence-electron chi connectivity index (χ1n) is 17.6. The van der Waals surface area contributed by atoms with Crippen molar-refractivity contribution in [3.8, 4) is 0 Å². The molecule has 1 aliphatic heterocycles. The van der Waals surface area contributed by atoms with Gasteiger partial charge >= 0.3 is 6.16 Å². The smallest absolute Gasteiger partial charge is 0.426 e. The molecule has 1 heterocycles. The second kappa shape index (κ2) is 27.5. The quantitative estimate of drug-likeness (QED) is 0.0795. The Hall–Kier alpha value is 11.7. The van der Waals surface area contributed by atoms with Crippen molar-refractivity contribution in [3.63, 3.8) is 0 Å². The second-order valence-electron chi connectivity index (χ2n) is 15.4. The van der Waals surface area contributed by atoms with Gasteiger partial charge in [-0.15, -0.1) is 134 Å². The average Bonchev–Trinajstić information content (AvgIpc) is 3.44. The summed E-state index contributed by atoms with van der Waals surface area (Å²) in [5.41, 5.74) is -2.18. The number of ether oxygens (including phenoxy) is 2. The summed E-state index contributed by atoms with van der Waals surface area (Å²) in [5, 5.41) is 24.7. The molecule has 8 nitrogen and oxygen atoms in total. The van der Waals surface area contributed by atoms with E-state index in [4.69, 9.17) is 23.0 Å². The second-order valence-corrected chi connectivity index (χ2v) is 122. The SMILES string of the molecule is CC1=C2[C@H](OP(P(P)P)P(PP)P(P)P)C[C@]3(C)[C@@H](OP(P(P)P)P(P)P)C[C@H](C)[C@@](O)(CO)[C@H]3[C@@H]3OC(=O)O[C@@]3(C[C@@H]1OP(P(P)P(P)P)P(P(P)P)P(P)P)C2(C)C. The van der Waals surface area contributed by atoms with Crippen molar-refractivity contribution < 1.29 is 38.1 Å². The molecule has 4 aliphatic rings. The van der Waals surface area contributed by atoms with E-state index in [2.05, 4.69) is 171 Å². The highest BCUT2D eigenvalue weighted by molar-refractivity contribution is 9.19. The van der Waals surface area contributed by atoms with Gasteiger partial charge in [0.05, 0.1) is 53.1 Å². The lowest BCUT2D eigenvalue weighted by Crippen LogP contribution is -2.73. The zero-order valence-corrected chi connectivity index (χ0v) is 64.8. The van der Waals surface area contributed by atoms with Crippen LogP contribution in [0, 0.1) is 22.7 Å². The lowest BCUT2D eigenvalue weighted by atomic mass is 9.45. The van der Waals surface area contributed by atoms with E-state index in [-0.39, 0.29) is 18.1 Å². The summed E-state index contributed by atoms with van der Waals surface area (Å²) >= 11 is 0. The predicted molar refractivity (Wildman–Crippen MR) is 355 cm³/mol. The number of carbonyl (C=O) groups excluding carboxylic acids is 1. The van der Waals surface area contributed by atoms with Crippen LogP contribution in [0.25, 0.3) is 0 Å². The maximum atomic E-state index is 14.1. The lowest BCUT2D eigenvalue weighted by Gasteiger charge is -2.65. The summed E-state index contributed by atoms with van der Waals surface area (Å²) in [4.78, 5) is 14.1. The van der Waals surface area contributed by atoms with Crippen LogP contribution < -0.4 is 0 Å². The van der Waals surface area contributed by atoms with E-state index in [1.165, 1.54) is 0 Å². The van der Waals surface area contributed by atoms with Crippen LogP contribution in [-0.2, 0) is 23.0 Å². The van der Waals surface area contributed by atoms with Crippen molar-refractivity contribution in [2.75, 3.05) is 6.61 Å². The highest BCUT2D eigenvalue weighted by Gasteiger charge is 2.76. The molecule has 30 atom stereocenters.